The Kier molecular flexibility index (Phi) is 5.66. The SMILES string of the molecule is CCN1CC2(CCN(C(=O)Cc3ccc(C)cc3)CC2)[C@H](COC)C1=O. The maximum atomic E-state index is 12.7. The minimum atomic E-state index is -0.0678. The highest BCUT2D eigenvalue weighted by Crippen LogP contribution is 2.45. The average molecular weight is 358 g/mol. The zero-order valence-electron chi connectivity index (χ0n) is 16.2. The molecular weight excluding hydrogens is 328 g/mol. The van der Waals surface area contributed by atoms with Gasteiger partial charge in [0.05, 0.1) is 18.9 Å². The van der Waals surface area contributed by atoms with Crippen LogP contribution in [0.1, 0.15) is 30.9 Å². The Bertz CT molecular complexity index is 648. The number of amides is 2. The minimum Gasteiger partial charge on any atom is -0.384 e. The fourth-order valence-electron chi connectivity index (χ4n) is 4.43. The molecule has 2 aliphatic heterocycles. The third-order valence-electron chi connectivity index (χ3n) is 6.16. The van der Waals surface area contributed by atoms with E-state index < -0.39 is 0 Å². The van der Waals surface area contributed by atoms with Crippen LogP contribution >= 0.6 is 0 Å². The van der Waals surface area contributed by atoms with Gasteiger partial charge in [-0.05, 0) is 32.3 Å². The van der Waals surface area contributed by atoms with Crippen LogP contribution in [0.5, 0.6) is 0 Å². The monoisotopic (exact) mass is 358 g/mol. The van der Waals surface area contributed by atoms with Crippen molar-refractivity contribution >= 4 is 11.8 Å². The smallest absolute Gasteiger partial charge is 0.228 e. The van der Waals surface area contributed by atoms with E-state index in [9.17, 15) is 9.59 Å². The van der Waals surface area contributed by atoms with E-state index in [4.69, 9.17) is 4.74 Å². The van der Waals surface area contributed by atoms with Gasteiger partial charge in [0, 0.05) is 38.7 Å². The first-order chi connectivity index (χ1) is 12.5. The Hall–Kier alpha value is -1.88. The Labute approximate surface area is 156 Å². The molecule has 2 aliphatic rings. The van der Waals surface area contributed by atoms with E-state index >= 15 is 0 Å². The second kappa shape index (κ2) is 7.78. The van der Waals surface area contributed by atoms with Crippen LogP contribution in [0, 0.1) is 18.3 Å². The molecule has 1 aromatic rings. The molecule has 0 bridgehead atoms. The lowest BCUT2D eigenvalue weighted by atomic mass is 9.71. The molecule has 0 aromatic heterocycles. The van der Waals surface area contributed by atoms with Gasteiger partial charge in [-0.25, -0.2) is 0 Å². The third-order valence-corrected chi connectivity index (χ3v) is 6.16. The molecule has 0 aliphatic carbocycles. The van der Waals surface area contributed by atoms with E-state index in [1.165, 1.54) is 5.56 Å². The molecular formula is C21H30N2O3. The number of benzene rings is 1. The summed E-state index contributed by atoms with van der Waals surface area (Å²) >= 11 is 0. The van der Waals surface area contributed by atoms with Gasteiger partial charge < -0.3 is 14.5 Å². The molecule has 3 rings (SSSR count). The van der Waals surface area contributed by atoms with Crippen molar-refractivity contribution in [2.75, 3.05) is 39.9 Å². The summed E-state index contributed by atoms with van der Waals surface area (Å²) in [6.07, 6.45) is 2.21. The fraction of sp³-hybridized carbons (Fsp3) is 0.619. The Morgan fingerprint density at radius 2 is 1.88 bits per heavy atom. The van der Waals surface area contributed by atoms with Crippen LogP contribution in [0.25, 0.3) is 0 Å². The standard InChI is InChI=1S/C21H30N2O3/c1-4-22-15-21(18(14-26-3)20(22)25)9-11-23(12-10-21)19(24)13-17-7-5-16(2)6-8-17/h5-8,18H,4,9-15H2,1-3H3/t18-/m1/s1. The highest BCUT2D eigenvalue weighted by atomic mass is 16.5. The maximum absolute atomic E-state index is 12.7. The molecule has 1 atom stereocenters. The molecule has 2 amide bonds. The molecule has 26 heavy (non-hydrogen) atoms. The summed E-state index contributed by atoms with van der Waals surface area (Å²) in [7, 11) is 1.66. The maximum Gasteiger partial charge on any atom is 0.228 e. The summed E-state index contributed by atoms with van der Waals surface area (Å²) in [5, 5.41) is 0. The number of carbonyl (C=O) groups excluding carboxylic acids is 2. The predicted octanol–water partition coefficient (Wildman–Crippen LogP) is 2.27. The van der Waals surface area contributed by atoms with E-state index in [2.05, 4.69) is 6.92 Å². The number of nitrogens with zero attached hydrogens (tertiary/aromatic N) is 2. The minimum absolute atomic E-state index is 0.0380. The van der Waals surface area contributed by atoms with Crippen LogP contribution in [0.15, 0.2) is 24.3 Å². The van der Waals surface area contributed by atoms with Crippen molar-refractivity contribution in [1.82, 2.24) is 9.80 Å². The Morgan fingerprint density at radius 1 is 1.23 bits per heavy atom. The molecule has 1 spiro atoms. The molecule has 0 N–H and O–H groups in total. The lowest BCUT2D eigenvalue weighted by molar-refractivity contribution is -0.135. The first-order valence-corrected chi connectivity index (χ1v) is 9.60. The summed E-state index contributed by atoms with van der Waals surface area (Å²) in [6, 6.07) is 8.16. The Balaban J connectivity index is 1.63. The van der Waals surface area contributed by atoms with Gasteiger partial charge in [-0.15, -0.1) is 0 Å². The zero-order chi connectivity index (χ0) is 18.7. The molecule has 2 heterocycles. The van der Waals surface area contributed by atoms with Crippen molar-refractivity contribution in [2.45, 2.75) is 33.1 Å². The number of aryl methyl sites for hydroxylation is 1. The number of methoxy groups -OCH3 is 1. The summed E-state index contributed by atoms with van der Waals surface area (Å²) in [6.45, 7) is 7.57. The summed E-state index contributed by atoms with van der Waals surface area (Å²) in [5.41, 5.74) is 2.23. The number of piperidine rings is 1. The number of rotatable bonds is 5. The highest BCUT2D eigenvalue weighted by molar-refractivity contribution is 5.83. The van der Waals surface area contributed by atoms with Crippen molar-refractivity contribution in [3.63, 3.8) is 0 Å². The molecule has 0 saturated carbocycles. The van der Waals surface area contributed by atoms with Crippen LogP contribution < -0.4 is 0 Å². The van der Waals surface area contributed by atoms with Gasteiger partial charge >= 0.3 is 0 Å². The van der Waals surface area contributed by atoms with Gasteiger partial charge in [0.2, 0.25) is 11.8 Å². The van der Waals surface area contributed by atoms with Gasteiger partial charge in [0.15, 0.2) is 0 Å². The van der Waals surface area contributed by atoms with Gasteiger partial charge in [-0.2, -0.15) is 0 Å². The zero-order valence-corrected chi connectivity index (χ0v) is 16.2. The molecule has 5 heteroatoms. The topological polar surface area (TPSA) is 49.9 Å². The second-order valence-corrected chi connectivity index (χ2v) is 7.77. The van der Waals surface area contributed by atoms with Crippen LogP contribution in [-0.4, -0.2) is 61.5 Å². The average Bonchev–Trinajstić information content (AvgIpc) is 2.90. The first kappa shape index (κ1) is 18.9. The summed E-state index contributed by atoms with van der Waals surface area (Å²) in [5.74, 6) is 0.333. The van der Waals surface area contributed by atoms with E-state index in [1.54, 1.807) is 7.11 Å². The van der Waals surface area contributed by atoms with Crippen molar-refractivity contribution in [2.24, 2.45) is 11.3 Å². The van der Waals surface area contributed by atoms with E-state index in [1.807, 2.05) is 41.0 Å². The molecule has 2 saturated heterocycles. The van der Waals surface area contributed by atoms with Crippen LogP contribution in [-0.2, 0) is 20.7 Å². The Morgan fingerprint density at radius 3 is 2.46 bits per heavy atom. The van der Waals surface area contributed by atoms with Crippen LogP contribution in [0.3, 0.4) is 0 Å². The lowest BCUT2D eigenvalue weighted by Crippen LogP contribution is -2.47. The first-order valence-electron chi connectivity index (χ1n) is 9.60. The van der Waals surface area contributed by atoms with Crippen LogP contribution in [0.4, 0.5) is 0 Å². The summed E-state index contributed by atoms with van der Waals surface area (Å²) < 4.78 is 5.35. The second-order valence-electron chi connectivity index (χ2n) is 7.77. The van der Waals surface area contributed by atoms with E-state index in [0.717, 1.165) is 44.6 Å². The predicted molar refractivity (Wildman–Crippen MR) is 101 cm³/mol. The van der Waals surface area contributed by atoms with E-state index in [0.29, 0.717) is 13.0 Å². The lowest BCUT2D eigenvalue weighted by Gasteiger charge is -2.41. The quantitative estimate of drug-likeness (QED) is 0.811. The molecule has 5 nitrogen and oxygen atoms in total. The normalized spacial score (nSPS) is 22.3. The number of hydrogen-bond acceptors (Lipinski definition) is 3. The molecule has 142 valence electrons. The molecule has 1 aromatic carbocycles. The molecule has 2 fully saturated rings. The largest absolute Gasteiger partial charge is 0.384 e. The number of carbonyl (C=O) groups is 2. The van der Waals surface area contributed by atoms with Crippen molar-refractivity contribution < 1.29 is 14.3 Å². The summed E-state index contributed by atoms with van der Waals surface area (Å²) in [4.78, 5) is 29.2. The molecule has 0 unspecified atom stereocenters. The van der Waals surface area contributed by atoms with Gasteiger partial charge in [0.1, 0.15) is 0 Å². The van der Waals surface area contributed by atoms with Crippen molar-refractivity contribution in [3.05, 3.63) is 35.4 Å². The van der Waals surface area contributed by atoms with Gasteiger partial charge in [0.25, 0.3) is 0 Å². The number of ether oxygens (including phenoxy) is 1. The van der Waals surface area contributed by atoms with E-state index in [-0.39, 0.29) is 23.1 Å². The molecule has 0 radical (unpaired) electrons. The highest BCUT2D eigenvalue weighted by Gasteiger charge is 2.52. The van der Waals surface area contributed by atoms with Gasteiger partial charge in [-0.3, -0.25) is 9.59 Å². The van der Waals surface area contributed by atoms with Crippen LogP contribution in [0.2, 0.25) is 0 Å². The number of hydrogen-bond donors (Lipinski definition) is 0. The van der Waals surface area contributed by atoms with Crippen molar-refractivity contribution in [3.8, 4) is 0 Å². The number of likely N-dealkylation sites (tertiary alicyclic amines) is 2. The fourth-order valence-corrected chi connectivity index (χ4v) is 4.43. The third kappa shape index (κ3) is 3.63. The van der Waals surface area contributed by atoms with Gasteiger partial charge in [-0.1, -0.05) is 29.8 Å². The van der Waals surface area contributed by atoms with Crippen molar-refractivity contribution in [1.29, 1.82) is 0 Å².